The lowest BCUT2D eigenvalue weighted by Crippen LogP contribution is -2.25. The molecule has 3 heterocycles. The molecule has 1 aliphatic heterocycles. The number of rotatable bonds is 5. The number of nitrogens with zero attached hydrogens (tertiary/aromatic N) is 5. The number of aryl methyl sites for hydroxylation is 1. The molecule has 2 aliphatic rings. The molecule has 0 amide bonds. The molecule has 0 spiro atoms. The van der Waals surface area contributed by atoms with E-state index in [0.717, 1.165) is 30.0 Å². The van der Waals surface area contributed by atoms with Crippen LogP contribution in [0.2, 0.25) is 0 Å². The van der Waals surface area contributed by atoms with E-state index in [0.29, 0.717) is 0 Å². The summed E-state index contributed by atoms with van der Waals surface area (Å²) < 4.78 is 2.39. The summed E-state index contributed by atoms with van der Waals surface area (Å²) in [4.78, 5) is 11.3. The number of hydrogen-bond donors (Lipinski definition) is 0. The van der Waals surface area contributed by atoms with E-state index in [9.17, 15) is 5.26 Å². The minimum absolute atomic E-state index is 0.279. The van der Waals surface area contributed by atoms with Crippen molar-refractivity contribution in [3.05, 3.63) is 23.8 Å². The molecule has 144 valence electrons. The van der Waals surface area contributed by atoms with Gasteiger partial charge in [0, 0.05) is 30.4 Å². The average Bonchev–Trinajstić information content (AvgIpc) is 2.86. The molecule has 2 fully saturated rings. The minimum atomic E-state index is 0.279. The second kappa shape index (κ2) is 8.84. The predicted molar refractivity (Wildman–Crippen MR) is 107 cm³/mol. The van der Waals surface area contributed by atoms with Gasteiger partial charge in [-0.1, -0.05) is 44.9 Å². The fourth-order valence-corrected chi connectivity index (χ4v) is 4.84. The highest BCUT2D eigenvalue weighted by Gasteiger charge is 2.18. The van der Waals surface area contributed by atoms with Crippen LogP contribution in [0.4, 0.5) is 0 Å². The number of fused-ring (bicyclic) bond motifs is 1. The van der Waals surface area contributed by atoms with E-state index in [4.69, 9.17) is 0 Å². The Balaban J connectivity index is 1.58. The zero-order chi connectivity index (χ0) is 18.5. The maximum Gasteiger partial charge on any atom is 0.234 e. The SMILES string of the molecule is N#Cc1ncc2cc(CN3CCCCCC3)n(CCC3CCCCC3)c2n1. The smallest absolute Gasteiger partial charge is 0.234 e. The number of aromatic nitrogens is 3. The van der Waals surface area contributed by atoms with Gasteiger partial charge in [-0.3, -0.25) is 4.90 Å². The first-order valence-corrected chi connectivity index (χ1v) is 10.8. The Morgan fingerprint density at radius 1 is 1.04 bits per heavy atom. The Hall–Kier alpha value is -1.93. The minimum Gasteiger partial charge on any atom is -0.328 e. The third-order valence-corrected chi connectivity index (χ3v) is 6.39. The van der Waals surface area contributed by atoms with E-state index in [1.165, 1.54) is 83.0 Å². The van der Waals surface area contributed by atoms with E-state index in [-0.39, 0.29) is 5.82 Å². The molecule has 0 radical (unpaired) electrons. The van der Waals surface area contributed by atoms with Gasteiger partial charge in [0.05, 0.1) is 0 Å². The quantitative estimate of drug-likeness (QED) is 0.774. The van der Waals surface area contributed by atoms with Crippen molar-refractivity contribution in [3.63, 3.8) is 0 Å². The largest absolute Gasteiger partial charge is 0.328 e. The molecule has 1 saturated heterocycles. The van der Waals surface area contributed by atoms with Gasteiger partial charge in [0.15, 0.2) is 0 Å². The highest BCUT2D eigenvalue weighted by molar-refractivity contribution is 5.76. The molecule has 5 nitrogen and oxygen atoms in total. The molecule has 4 rings (SSSR count). The molecule has 0 unspecified atom stereocenters. The first-order valence-electron chi connectivity index (χ1n) is 10.8. The molecule has 27 heavy (non-hydrogen) atoms. The molecule has 5 heteroatoms. The van der Waals surface area contributed by atoms with Crippen LogP contribution in [0, 0.1) is 17.2 Å². The third-order valence-electron chi connectivity index (χ3n) is 6.39. The summed E-state index contributed by atoms with van der Waals surface area (Å²) in [6.07, 6.45) is 15.3. The van der Waals surface area contributed by atoms with Gasteiger partial charge in [-0.25, -0.2) is 9.97 Å². The van der Waals surface area contributed by atoms with Crippen LogP contribution in [0.3, 0.4) is 0 Å². The first kappa shape index (κ1) is 18.4. The fraction of sp³-hybridized carbons (Fsp3) is 0.682. The Morgan fingerprint density at radius 2 is 1.78 bits per heavy atom. The highest BCUT2D eigenvalue weighted by atomic mass is 15.2. The van der Waals surface area contributed by atoms with Crippen LogP contribution in [0.5, 0.6) is 0 Å². The van der Waals surface area contributed by atoms with Gasteiger partial charge in [-0.15, -0.1) is 0 Å². The molecule has 0 aromatic carbocycles. The topological polar surface area (TPSA) is 57.7 Å². The Kier molecular flexibility index (Phi) is 6.03. The van der Waals surface area contributed by atoms with Gasteiger partial charge in [-0.05, 0) is 44.3 Å². The van der Waals surface area contributed by atoms with Gasteiger partial charge in [-0.2, -0.15) is 5.26 Å². The second-order valence-corrected chi connectivity index (χ2v) is 8.35. The zero-order valence-electron chi connectivity index (χ0n) is 16.4. The predicted octanol–water partition coefficient (Wildman–Crippen LogP) is 4.65. The van der Waals surface area contributed by atoms with Gasteiger partial charge in [0.1, 0.15) is 11.7 Å². The number of nitriles is 1. The van der Waals surface area contributed by atoms with Crippen molar-refractivity contribution in [1.29, 1.82) is 5.26 Å². The van der Waals surface area contributed by atoms with Crippen molar-refractivity contribution in [2.45, 2.75) is 77.3 Å². The van der Waals surface area contributed by atoms with Crippen LogP contribution < -0.4 is 0 Å². The summed E-state index contributed by atoms with van der Waals surface area (Å²) in [6, 6.07) is 4.36. The standard InChI is InChI=1S/C22H31N5/c23-15-21-24-16-19-14-20(17-26-11-6-1-2-7-12-26)27(22(19)25-21)13-10-18-8-4-3-5-9-18/h14,16,18H,1-13,17H2. The number of hydrogen-bond acceptors (Lipinski definition) is 4. The molecular weight excluding hydrogens is 334 g/mol. The molecule has 1 saturated carbocycles. The van der Waals surface area contributed by atoms with E-state index in [1.54, 1.807) is 0 Å². The van der Waals surface area contributed by atoms with E-state index >= 15 is 0 Å². The van der Waals surface area contributed by atoms with Crippen LogP contribution in [0.15, 0.2) is 12.3 Å². The van der Waals surface area contributed by atoms with Crippen LogP contribution in [0.25, 0.3) is 11.0 Å². The molecule has 2 aromatic rings. The number of likely N-dealkylation sites (tertiary alicyclic amines) is 1. The molecular formula is C22H31N5. The molecule has 0 bridgehead atoms. The molecule has 0 N–H and O–H groups in total. The summed E-state index contributed by atoms with van der Waals surface area (Å²) in [5.74, 6) is 1.13. The lowest BCUT2D eigenvalue weighted by molar-refractivity contribution is 0.267. The van der Waals surface area contributed by atoms with Crippen LogP contribution in [0.1, 0.15) is 75.7 Å². The van der Waals surface area contributed by atoms with E-state index < -0.39 is 0 Å². The third kappa shape index (κ3) is 4.50. The van der Waals surface area contributed by atoms with Gasteiger partial charge < -0.3 is 4.57 Å². The van der Waals surface area contributed by atoms with Crippen molar-refractivity contribution in [3.8, 4) is 6.07 Å². The van der Waals surface area contributed by atoms with Gasteiger partial charge in [0.25, 0.3) is 0 Å². The van der Waals surface area contributed by atoms with Crippen molar-refractivity contribution in [2.75, 3.05) is 13.1 Å². The summed E-state index contributed by atoms with van der Waals surface area (Å²) in [5.41, 5.74) is 2.29. The Bertz CT molecular complexity index is 789. The average molecular weight is 366 g/mol. The van der Waals surface area contributed by atoms with Crippen molar-refractivity contribution >= 4 is 11.0 Å². The molecule has 0 atom stereocenters. The normalized spacial score (nSPS) is 19.8. The van der Waals surface area contributed by atoms with Crippen LogP contribution >= 0.6 is 0 Å². The first-order chi connectivity index (χ1) is 13.3. The van der Waals surface area contributed by atoms with Crippen molar-refractivity contribution < 1.29 is 0 Å². The lowest BCUT2D eigenvalue weighted by Gasteiger charge is -2.24. The van der Waals surface area contributed by atoms with E-state index in [1.807, 2.05) is 6.20 Å². The maximum atomic E-state index is 9.23. The summed E-state index contributed by atoms with van der Waals surface area (Å²) in [5, 5.41) is 10.3. The molecule has 1 aliphatic carbocycles. The molecule has 2 aromatic heterocycles. The second-order valence-electron chi connectivity index (χ2n) is 8.35. The van der Waals surface area contributed by atoms with Crippen LogP contribution in [-0.2, 0) is 13.1 Å². The van der Waals surface area contributed by atoms with Gasteiger partial charge >= 0.3 is 0 Å². The van der Waals surface area contributed by atoms with Crippen molar-refractivity contribution in [2.24, 2.45) is 5.92 Å². The summed E-state index contributed by atoms with van der Waals surface area (Å²) in [6.45, 7) is 4.39. The van der Waals surface area contributed by atoms with E-state index in [2.05, 4.69) is 31.6 Å². The Labute approximate surface area is 162 Å². The zero-order valence-corrected chi connectivity index (χ0v) is 16.4. The van der Waals surface area contributed by atoms with Gasteiger partial charge in [0.2, 0.25) is 5.82 Å². The van der Waals surface area contributed by atoms with Crippen molar-refractivity contribution in [1.82, 2.24) is 19.4 Å². The summed E-state index contributed by atoms with van der Waals surface area (Å²) in [7, 11) is 0. The Morgan fingerprint density at radius 3 is 2.52 bits per heavy atom. The lowest BCUT2D eigenvalue weighted by atomic mass is 9.87. The maximum absolute atomic E-state index is 9.23. The summed E-state index contributed by atoms with van der Waals surface area (Å²) >= 11 is 0. The highest BCUT2D eigenvalue weighted by Crippen LogP contribution is 2.28. The van der Waals surface area contributed by atoms with Crippen LogP contribution in [-0.4, -0.2) is 32.5 Å². The monoisotopic (exact) mass is 365 g/mol. The fourth-order valence-electron chi connectivity index (χ4n) is 4.84.